The number of nitrogens with zero attached hydrogens (tertiary/aromatic N) is 1. The summed E-state index contributed by atoms with van der Waals surface area (Å²) in [5.41, 5.74) is 8.70. The number of anilines is 2. The van der Waals surface area contributed by atoms with Crippen molar-refractivity contribution in [1.29, 1.82) is 0 Å². The van der Waals surface area contributed by atoms with E-state index in [-0.39, 0.29) is 0 Å². The van der Waals surface area contributed by atoms with Gasteiger partial charge in [0, 0.05) is 17.9 Å². The zero-order valence-corrected chi connectivity index (χ0v) is 7.36. The topological polar surface area (TPSA) is 46.3 Å². The summed E-state index contributed by atoms with van der Waals surface area (Å²) in [5, 5.41) is 0. The van der Waals surface area contributed by atoms with Crippen LogP contribution in [0, 0.1) is 0 Å². The summed E-state index contributed by atoms with van der Waals surface area (Å²) < 4.78 is 0. The van der Waals surface area contributed by atoms with Crippen molar-refractivity contribution in [3.8, 4) is 0 Å². The lowest BCUT2D eigenvalue weighted by atomic mass is 10.0. The first-order valence-corrected chi connectivity index (χ1v) is 4.42. The number of carbonyl (C=O) groups excluding carboxylic acids is 1. The number of fused-ring (bicyclic) bond motifs is 1. The molecule has 1 aliphatic rings. The molecule has 1 amide bonds. The van der Waals surface area contributed by atoms with Crippen LogP contribution in [0.2, 0.25) is 0 Å². The van der Waals surface area contributed by atoms with Crippen molar-refractivity contribution >= 4 is 17.8 Å². The third-order valence-corrected chi connectivity index (χ3v) is 2.45. The Labute approximate surface area is 77.1 Å². The molecule has 3 heteroatoms. The van der Waals surface area contributed by atoms with Gasteiger partial charge in [-0.05, 0) is 30.5 Å². The Hall–Kier alpha value is -1.51. The fourth-order valence-electron chi connectivity index (χ4n) is 1.79. The molecule has 0 saturated heterocycles. The van der Waals surface area contributed by atoms with Crippen molar-refractivity contribution in [3.05, 3.63) is 23.8 Å². The lowest BCUT2D eigenvalue weighted by molar-refractivity contribution is -0.107. The highest BCUT2D eigenvalue weighted by Gasteiger charge is 2.17. The molecule has 2 N–H and O–H groups in total. The van der Waals surface area contributed by atoms with Crippen LogP contribution < -0.4 is 10.6 Å². The highest BCUT2D eigenvalue weighted by Crippen LogP contribution is 2.29. The Morgan fingerprint density at radius 3 is 3.08 bits per heavy atom. The van der Waals surface area contributed by atoms with Crippen LogP contribution in [0.25, 0.3) is 0 Å². The molecule has 0 atom stereocenters. The van der Waals surface area contributed by atoms with Crippen molar-refractivity contribution in [1.82, 2.24) is 0 Å². The van der Waals surface area contributed by atoms with Crippen molar-refractivity contribution in [2.45, 2.75) is 12.8 Å². The SMILES string of the molecule is Nc1cccc2c1CCCN2C=O. The molecule has 0 radical (unpaired) electrons. The maximum absolute atomic E-state index is 10.7. The fourth-order valence-corrected chi connectivity index (χ4v) is 1.79. The zero-order valence-electron chi connectivity index (χ0n) is 7.36. The second-order valence-corrected chi connectivity index (χ2v) is 3.25. The van der Waals surface area contributed by atoms with E-state index in [1.807, 2.05) is 18.2 Å². The van der Waals surface area contributed by atoms with Crippen molar-refractivity contribution in [2.75, 3.05) is 17.2 Å². The van der Waals surface area contributed by atoms with Crippen molar-refractivity contribution < 1.29 is 4.79 Å². The molecule has 0 aliphatic carbocycles. The molecule has 0 aromatic heterocycles. The van der Waals surface area contributed by atoms with Crippen LogP contribution in [-0.4, -0.2) is 13.0 Å². The first kappa shape index (κ1) is 8.10. The van der Waals surface area contributed by atoms with Crippen molar-refractivity contribution in [3.63, 3.8) is 0 Å². The van der Waals surface area contributed by atoms with E-state index in [0.29, 0.717) is 0 Å². The van der Waals surface area contributed by atoms with Crippen LogP contribution >= 0.6 is 0 Å². The molecule has 0 unspecified atom stereocenters. The molecule has 1 aromatic carbocycles. The van der Waals surface area contributed by atoms with Gasteiger partial charge in [-0.25, -0.2) is 0 Å². The minimum atomic E-state index is 0.795. The third-order valence-electron chi connectivity index (χ3n) is 2.45. The standard InChI is InChI=1S/C10H12N2O/c11-9-4-1-5-10-8(9)3-2-6-12(10)7-13/h1,4-5,7H,2-3,6,11H2. The smallest absolute Gasteiger partial charge is 0.214 e. The molecule has 68 valence electrons. The summed E-state index contributed by atoms with van der Waals surface area (Å²) in [6.45, 7) is 0.806. The lowest BCUT2D eigenvalue weighted by Gasteiger charge is -2.26. The van der Waals surface area contributed by atoms with Crippen LogP contribution in [0.1, 0.15) is 12.0 Å². The molecule has 0 spiro atoms. The highest BCUT2D eigenvalue weighted by molar-refractivity contribution is 5.80. The van der Waals surface area contributed by atoms with Crippen LogP contribution in [0.5, 0.6) is 0 Å². The summed E-state index contributed by atoms with van der Waals surface area (Å²) in [5.74, 6) is 0. The van der Waals surface area contributed by atoms with E-state index in [0.717, 1.165) is 42.7 Å². The van der Waals surface area contributed by atoms with Gasteiger partial charge >= 0.3 is 0 Å². The number of nitrogens with two attached hydrogens (primary N) is 1. The Balaban J connectivity index is 2.51. The largest absolute Gasteiger partial charge is 0.398 e. The van der Waals surface area contributed by atoms with Gasteiger partial charge in [-0.2, -0.15) is 0 Å². The number of hydrogen-bond acceptors (Lipinski definition) is 2. The summed E-state index contributed by atoms with van der Waals surface area (Å²) in [6, 6.07) is 5.71. The van der Waals surface area contributed by atoms with E-state index < -0.39 is 0 Å². The number of benzene rings is 1. The maximum Gasteiger partial charge on any atom is 0.214 e. The Bertz CT molecular complexity index is 336. The van der Waals surface area contributed by atoms with Gasteiger partial charge in [-0.15, -0.1) is 0 Å². The van der Waals surface area contributed by atoms with E-state index in [9.17, 15) is 4.79 Å². The molecule has 1 aromatic rings. The summed E-state index contributed by atoms with van der Waals surface area (Å²) in [6.07, 6.45) is 2.85. The summed E-state index contributed by atoms with van der Waals surface area (Å²) in [7, 11) is 0. The maximum atomic E-state index is 10.7. The first-order valence-electron chi connectivity index (χ1n) is 4.42. The summed E-state index contributed by atoms with van der Waals surface area (Å²) >= 11 is 0. The van der Waals surface area contributed by atoms with Crippen LogP contribution in [0.15, 0.2) is 18.2 Å². The van der Waals surface area contributed by atoms with Crippen LogP contribution in [0.3, 0.4) is 0 Å². The molecular weight excluding hydrogens is 164 g/mol. The van der Waals surface area contributed by atoms with E-state index in [2.05, 4.69) is 0 Å². The fraction of sp³-hybridized carbons (Fsp3) is 0.300. The average molecular weight is 176 g/mol. The van der Waals surface area contributed by atoms with Gasteiger partial charge in [0.05, 0.1) is 0 Å². The molecular formula is C10H12N2O. The van der Waals surface area contributed by atoms with Gasteiger partial charge in [0.25, 0.3) is 0 Å². The first-order chi connectivity index (χ1) is 6.33. The molecule has 0 fully saturated rings. The number of nitrogen functional groups attached to an aromatic ring is 1. The predicted octanol–water partition coefficient (Wildman–Crippen LogP) is 1.18. The third kappa shape index (κ3) is 1.26. The van der Waals surface area contributed by atoms with Gasteiger partial charge in [0.15, 0.2) is 0 Å². The quantitative estimate of drug-likeness (QED) is 0.516. The van der Waals surface area contributed by atoms with Gasteiger partial charge in [-0.1, -0.05) is 6.07 Å². The Kier molecular flexibility index (Phi) is 1.93. The molecule has 0 saturated carbocycles. The predicted molar refractivity (Wildman–Crippen MR) is 52.6 cm³/mol. The second-order valence-electron chi connectivity index (χ2n) is 3.25. The van der Waals surface area contributed by atoms with Gasteiger partial charge < -0.3 is 10.6 Å². The average Bonchev–Trinajstić information content (AvgIpc) is 2.18. The number of rotatable bonds is 1. The van der Waals surface area contributed by atoms with Crippen molar-refractivity contribution in [2.24, 2.45) is 0 Å². The minimum Gasteiger partial charge on any atom is -0.398 e. The van der Waals surface area contributed by atoms with Gasteiger partial charge in [0.2, 0.25) is 6.41 Å². The van der Waals surface area contributed by atoms with Crippen LogP contribution in [-0.2, 0) is 11.2 Å². The Morgan fingerprint density at radius 1 is 1.46 bits per heavy atom. The van der Waals surface area contributed by atoms with Gasteiger partial charge in [-0.3, -0.25) is 4.79 Å². The molecule has 3 nitrogen and oxygen atoms in total. The second kappa shape index (κ2) is 3.09. The van der Waals surface area contributed by atoms with Crippen LogP contribution in [0.4, 0.5) is 11.4 Å². The zero-order chi connectivity index (χ0) is 9.26. The van der Waals surface area contributed by atoms with E-state index in [1.165, 1.54) is 0 Å². The molecule has 13 heavy (non-hydrogen) atoms. The number of hydrogen-bond donors (Lipinski definition) is 1. The monoisotopic (exact) mass is 176 g/mol. The molecule has 1 heterocycles. The molecule has 2 rings (SSSR count). The molecule has 0 bridgehead atoms. The number of amides is 1. The minimum absolute atomic E-state index is 0.795. The molecule has 1 aliphatic heterocycles. The van der Waals surface area contributed by atoms with E-state index in [4.69, 9.17) is 5.73 Å². The number of carbonyl (C=O) groups is 1. The van der Waals surface area contributed by atoms with Gasteiger partial charge in [0.1, 0.15) is 0 Å². The van der Waals surface area contributed by atoms with E-state index in [1.54, 1.807) is 4.90 Å². The summed E-state index contributed by atoms with van der Waals surface area (Å²) in [4.78, 5) is 12.4. The highest BCUT2D eigenvalue weighted by atomic mass is 16.1. The lowest BCUT2D eigenvalue weighted by Crippen LogP contribution is -2.28. The normalized spacial score (nSPS) is 15.2. The van der Waals surface area contributed by atoms with E-state index >= 15 is 0 Å². The Morgan fingerprint density at radius 2 is 2.31 bits per heavy atom.